The average molecular weight is 393 g/mol. The van der Waals surface area contributed by atoms with Gasteiger partial charge in [0.05, 0.1) is 0 Å². The molecule has 0 atom stereocenters. The van der Waals surface area contributed by atoms with Gasteiger partial charge in [0.15, 0.2) is 5.17 Å². The van der Waals surface area contributed by atoms with Gasteiger partial charge in [-0.15, -0.1) is 0 Å². The summed E-state index contributed by atoms with van der Waals surface area (Å²) < 4.78 is 15.5. The summed E-state index contributed by atoms with van der Waals surface area (Å²) in [6, 6.07) is 6.98. The lowest BCUT2D eigenvalue weighted by atomic mass is 9.96. The van der Waals surface area contributed by atoms with E-state index < -0.39 is 0 Å². The fourth-order valence-electron chi connectivity index (χ4n) is 2.82. The largest absolute Gasteiger partial charge is 0.379 e. The van der Waals surface area contributed by atoms with Crippen LogP contribution in [0.15, 0.2) is 53.6 Å². The van der Waals surface area contributed by atoms with Crippen molar-refractivity contribution >= 4 is 34.5 Å². The predicted molar refractivity (Wildman–Crippen MR) is 113 cm³/mol. The number of nitrogens with zero attached hydrogens (tertiary/aromatic N) is 1. The maximum atomic E-state index is 14.0. The predicted octanol–water partition coefficient (Wildman–Crippen LogP) is 5.02. The van der Waals surface area contributed by atoms with Crippen LogP contribution < -0.4 is 11.6 Å². The van der Waals surface area contributed by atoms with Gasteiger partial charge in [-0.2, -0.15) is 0 Å². The van der Waals surface area contributed by atoms with E-state index in [1.54, 1.807) is 16.7 Å². The molecule has 0 amide bonds. The second-order valence-electron chi connectivity index (χ2n) is 5.91. The van der Waals surface area contributed by atoms with E-state index in [2.05, 4.69) is 0 Å². The Balaban J connectivity index is 0.000000290. The van der Waals surface area contributed by atoms with Crippen molar-refractivity contribution in [3.8, 4) is 0 Å². The van der Waals surface area contributed by atoms with Crippen molar-refractivity contribution in [2.75, 3.05) is 5.75 Å². The van der Waals surface area contributed by atoms with Crippen molar-refractivity contribution in [1.29, 1.82) is 5.41 Å². The molecule has 2 aliphatic rings. The van der Waals surface area contributed by atoms with Gasteiger partial charge < -0.3 is 5.73 Å². The number of amidine groups is 1. The number of rotatable bonds is 3. The van der Waals surface area contributed by atoms with Crippen LogP contribution in [0.4, 0.5) is 4.39 Å². The number of hydrogen-bond acceptors (Lipinski definition) is 5. The van der Waals surface area contributed by atoms with Crippen LogP contribution in [0.25, 0.3) is 5.57 Å². The molecule has 0 unspecified atom stereocenters. The lowest BCUT2D eigenvalue weighted by Crippen LogP contribution is -2.15. The maximum Gasteiger partial charge on any atom is 0.151 e. The Morgan fingerprint density at radius 3 is 2.58 bits per heavy atom. The second kappa shape index (κ2) is 11.1. The normalized spacial score (nSPS) is 16.8. The minimum absolute atomic E-state index is 0.129. The van der Waals surface area contributed by atoms with E-state index >= 15 is 0 Å². The third-order valence-corrected chi connectivity index (χ3v) is 5.49. The Kier molecular flexibility index (Phi) is 8.80. The summed E-state index contributed by atoms with van der Waals surface area (Å²) >= 11 is 2.79. The fourth-order valence-corrected chi connectivity index (χ4v) is 3.91. The van der Waals surface area contributed by atoms with Crippen molar-refractivity contribution in [1.82, 2.24) is 4.41 Å². The molecule has 5 N–H and O–H groups in total. The Labute approximate surface area is 163 Å². The van der Waals surface area contributed by atoms with Gasteiger partial charge in [0.2, 0.25) is 0 Å². The zero-order chi connectivity index (χ0) is 18.8. The van der Waals surface area contributed by atoms with E-state index in [1.165, 1.54) is 41.8 Å². The third-order valence-electron chi connectivity index (χ3n) is 4.04. The molecule has 1 heterocycles. The molecule has 3 rings (SSSR count). The summed E-state index contributed by atoms with van der Waals surface area (Å²) in [7, 11) is 0. The summed E-state index contributed by atoms with van der Waals surface area (Å²) in [5.74, 6) is 5.85. The minimum atomic E-state index is -0.148. The van der Waals surface area contributed by atoms with Crippen LogP contribution in [0.5, 0.6) is 0 Å². The van der Waals surface area contributed by atoms with Crippen LogP contribution in [0.3, 0.4) is 0 Å². The van der Waals surface area contributed by atoms with E-state index in [-0.39, 0.29) is 11.0 Å². The monoisotopic (exact) mass is 392 g/mol. The van der Waals surface area contributed by atoms with Crippen molar-refractivity contribution < 1.29 is 4.39 Å². The quantitative estimate of drug-likeness (QED) is 0.291. The van der Waals surface area contributed by atoms with Crippen LogP contribution in [0.2, 0.25) is 0 Å². The Morgan fingerprint density at radius 1 is 1.19 bits per heavy atom. The van der Waals surface area contributed by atoms with Crippen LogP contribution in [-0.2, 0) is 0 Å². The summed E-state index contributed by atoms with van der Waals surface area (Å²) in [6.45, 7) is 0. The van der Waals surface area contributed by atoms with Gasteiger partial charge in [-0.3, -0.25) is 9.82 Å². The molecule has 1 aliphatic carbocycles. The lowest BCUT2D eigenvalue weighted by molar-refractivity contribution is 0.622. The molecule has 7 heteroatoms. The molecule has 0 saturated heterocycles. The molecule has 1 aromatic rings. The molecular weight excluding hydrogens is 367 g/mol. The molecule has 0 spiro atoms. The van der Waals surface area contributed by atoms with Gasteiger partial charge in [-0.05, 0) is 60.8 Å². The van der Waals surface area contributed by atoms with E-state index in [9.17, 15) is 4.39 Å². The first-order valence-corrected chi connectivity index (χ1v) is 10.4. The Bertz CT molecular complexity index is 701. The first-order valence-electron chi connectivity index (χ1n) is 8.54. The second-order valence-corrected chi connectivity index (χ2v) is 7.83. The number of hydrazine groups is 1. The number of nitrogens with one attached hydrogen (secondary N) is 1. The number of allylic oxidation sites excluding steroid dienone is 3. The standard InChI is InChI=1S/C15H19FN2S.C4H6N2S/c16-14-9-5-4-8-13(14)12-7-3-1-2-6-11(12)10-19-15(17)18;5-6-3-1-2-4-7-6/h4-5,8-9H,1-3,6-7,10H2,(H3,17,18);1-4H,5H2. The average Bonchev–Trinajstić information content (AvgIpc) is 2.87. The summed E-state index contributed by atoms with van der Waals surface area (Å²) in [5.41, 5.74) is 8.52. The Morgan fingerprint density at radius 2 is 1.96 bits per heavy atom. The van der Waals surface area contributed by atoms with E-state index in [0.29, 0.717) is 5.75 Å². The molecular formula is C19H25FN4S2. The highest BCUT2D eigenvalue weighted by Crippen LogP contribution is 2.34. The zero-order valence-corrected chi connectivity index (χ0v) is 16.3. The molecule has 0 radical (unpaired) electrons. The maximum absolute atomic E-state index is 14.0. The number of benzene rings is 1. The molecule has 0 saturated carbocycles. The molecule has 1 aliphatic heterocycles. The molecule has 1 aromatic carbocycles. The van der Waals surface area contributed by atoms with Gasteiger partial charge in [0.25, 0.3) is 0 Å². The topological polar surface area (TPSA) is 79.1 Å². The van der Waals surface area contributed by atoms with Crippen molar-refractivity contribution in [2.24, 2.45) is 11.6 Å². The fraction of sp³-hybridized carbons (Fsp3) is 0.316. The first kappa shape index (κ1) is 20.6. The van der Waals surface area contributed by atoms with Gasteiger partial charge in [-0.1, -0.05) is 48.0 Å². The highest BCUT2D eigenvalue weighted by molar-refractivity contribution is 8.13. The minimum Gasteiger partial charge on any atom is -0.379 e. The number of thioether (sulfide) groups is 1. The lowest BCUT2D eigenvalue weighted by Gasteiger charge is -2.13. The van der Waals surface area contributed by atoms with Gasteiger partial charge in [0.1, 0.15) is 5.82 Å². The van der Waals surface area contributed by atoms with E-state index in [0.717, 1.165) is 36.8 Å². The van der Waals surface area contributed by atoms with Crippen LogP contribution in [0, 0.1) is 11.2 Å². The molecule has 0 aromatic heterocycles. The SMILES string of the molecule is N=C(N)SCC1=C(c2ccccc2F)CCCCC1.NN1C=CC=CS1. The van der Waals surface area contributed by atoms with Crippen LogP contribution in [0.1, 0.15) is 37.7 Å². The van der Waals surface area contributed by atoms with Gasteiger partial charge in [0, 0.05) is 17.5 Å². The number of hydrogen-bond donors (Lipinski definition) is 3. The highest BCUT2D eigenvalue weighted by atomic mass is 32.2. The molecule has 0 bridgehead atoms. The smallest absolute Gasteiger partial charge is 0.151 e. The highest BCUT2D eigenvalue weighted by Gasteiger charge is 2.16. The van der Waals surface area contributed by atoms with Crippen molar-refractivity contribution in [3.63, 3.8) is 0 Å². The summed E-state index contributed by atoms with van der Waals surface area (Å²) in [4.78, 5) is 0. The zero-order valence-electron chi connectivity index (χ0n) is 14.7. The third kappa shape index (κ3) is 6.90. The van der Waals surface area contributed by atoms with Gasteiger partial charge in [-0.25, -0.2) is 10.2 Å². The van der Waals surface area contributed by atoms with Crippen LogP contribution in [-0.4, -0.2) is 15.3 Å². The molecule has 140 valence electrons. The number of halogens is 1. The first-order chi connectivity index (χ1) is 12.6. The molecule has 26 heavy (non-hydrogen) atoms. The van der Waals surface area contributed by atoms with Crippen LogP contribution >= 0.6 is 23.7 Å². The van der Waals surface area contributed by atoms with E-state index in [1.807, 2.05) is 29.7 Å². The summed E-state index contributed by atoms with van der Waals surface area (Å²) in [6.07, 6.45) is 11.0. The Hall–Kier alpha value is -1.70. The van der Waals surface area contributed by atoms with Crippen molar-refractivity contribution in [3.05, 3.63) is 65.0 Å². The molecule has 4 nitrogen and oxygen atoms in total. The molecule has 0 fully saturated rings. The van der Waals surface area contributed by atoms with E-state index in [4.69, 9.17) is 17.0 Å². The number of nitrogens with two attached hydrogens (primary N) is 2. The summed E-state index contributed by atoms with van der Waals surface area (Å²) in [5, 5.41) is 9.37. The van der Waals surface area contributed by atoms with Crippen molar-refractivity contribution in [2.45, 2.75) is 32.1 Å². The van der Waals surface area contributed by atoms with Gasteiger partial charge >= 0.3 is 0 Å².